The number of aliphatic carboxylic acids is 1. The molecule has 1 unspecified atom stereocenters. The van der Waals surface area contributed by atoms with Crippen molar-refractivity contribution in [3.8, 4) is 0 Å². The van der Waals surface area contributed by atoms with Crippen LogP contribution in [0.4, 0.5) is 0 Å². The molecule has 396 valence electrons. The maximum absolute atomic E-state index is 14.1. The molecule has 1 aromatic rings. The number of carboxylic acids is 1. The molecule has 2 heterocycles. The summed E-state index contributed by atoms with van der Waals surface area (Å²) in [6.07, 6.45) is 2.76. The quantitative estimate of drug-likeness (QED) is 0.0139. The molecule has 0 radical (unpaired) electrons. The van der Waals surface area contributed by atoms with Gasteiger partial charge in [0.15, 0.2) is 5.96 Å². The molecular weight excluding hydrogens is 949 g/mol. The fourth-order valence-electron chi connectivity index (χ4n) is 6.99. The zero-order chi connectivity index (χ0) is 53.0. The number of aliphatic hydroxyl groups is 1. The van der Waals surface area contributed by atoms with Gasteiger partial charge in [-0.3, -0.25) is 43.8 Å². The predicted molar refractivity (Wildman–Crippen MR) is 262 cm³/mol. The van der Waals surface area contributed by atoms with Crippen molar-refractivity contribution < 1.29 is 53.4 Å². The van der Waals surface area contributed by atoms with Crippen LogP contribution >= 0.6 is 11.3 Å². The number of carboxylic acid groups (broad SMARTS) is 1. The number of hydrogen-bond donors (Lipinski definition) is 16. The van der Waals surface area contributed by atoms with Gasteiger partial charge in [-0.2, -0.15) is 0 Å². The van der Waals surface area contributed by atoms with Crippen molar-refractivity contribution in [2.75, 3.05) is 45.8 Å². The fourth-order valence-corrected chi connectivity index (χ4v) is 7.76. The molecule has 1 fully saturated rings. The lowest BCUT2D eigenvalue weighted by molar-refractivity contribution is -0.137. The molecule has 1 aliphatic heterocycles. The number of unbranched alkanes of at least 4 members (excludes halogenated alkanes) is 2. The minimum Gasteiger partial charge on any atom is -0.477 e. The molecule has 0 aromatic carbocycles. The van der Waals surface area contributed by atoms with Crippen LogP contribution in [-0.2, 0) is 43.2 Å². The first-order valence-corrected chi connectivity index (χ1v) is 24.2. The first kappa shape index (κ1) is 60.7. The number of guanidine groups is 1. The number of rotatable bonds is 32. The Morgan fingerprint density at radius 1 is 0.873 bits per heavy atom. The van der Waals surface area contributed by atoms with Crippen molar-refractivity contribution in [1.82, 2.24) is 42.1 Å². The summed E-state index contributed by atoms with van der Waals surface area (Å²) in [5.41, 5.74) is 32.9. The van der Waals surface area contributed by atoms with Crippen LogP contribution in [0.3, 0.4) is 0 Å². The zero-order valence-corrected chi connectivity index (χ0v) is 40.7. The van der Waals surface area contributed by atoms with Gasteiger partial charge in [-0.1, -0.05) is 18.6 Å². The topological polar surface area (TPSA) is 474 Å². The molecule has 71 heavy (non-hydrogen) atoms. The van der Waals surface area contributed by atoms with Crippen LogP contribution in [0.25, 0.3) is 0 Å². The molecule has 1 saturated heterocycles. The Bertz CT molecular complexity index is 2040. The van der Waals surface area contributed by atoms with Gasteiger partial charge in [-0.05, 0) is 102 Å². The molecule has 1 aromatic heterocycles. The molecule has 0 saturated carbocycles. The molecule has 28 heteroatoms. The maximum atomic E-state index is 14.1. The Morgan fingerprint density at radius 3 is 2.15 bits per heavy atom. The standard InChI is InChI=1S/C43H72N16O11S/c1-24(53-39(66)33(30(60)22-47)57-36(63)25(48)10-2-4-16-44)35(62)52-23-32(61)54-27(12-6-18-46)41(68)59-20-8-14-29(59)38(65)58-34(31-15-9-21-71-31)40(67)55-26(11-3-5-17-45)37(64)56-28(42(69)70)13-7-19-51-43(49)50/h9,13,15,21,24-26,29-30,33-34,60H,2-8,10-12,14,16-20,22-23,44-48H2,1H3,(H,52,62)(H,53,66)(H,55,67)(H,56,64)(H,57,63)(H,58,65)(H,69,70)(H4,49,50,51)/b28-13-,54-27+/t24-,25-,26-,29-,30-,33-,34?/m0/s1. The Labute approximate surface area is 415 Å². The van der Waals surface area contributed by atoms with Crippen LogP contribution in [0.15, 0.2) is 34.3 Å². The third kappa shape index (κ3) is 21.2. The number of hydrogen-bond acceptors (Lipinski definition) is 17. The van der Waals surface area contributed by atoms with Gasteiger partial charge >= 0.3 is 5.97 Å². The van der Waals surface area contributed by atoms with E-state index in [0.717, 1.165) is 11.3 Å². The average Bonchev–Trinajstić information content (AvgIpc) is 4.07. The van der Waals surface area contributed by atoms with E-state index >= 15 is 0 Å². The third-order valence-corrected chi connectivity index (χ3v) is 11.8. The van der Waals surface area contributed by atoms with Crippen LogP contribution in [-0.4, -0.2) is 162 Å². The number of nitrogens with one attached hydrogen (secondary N) is 8. The van der Waals surface area contributed by atoms with Crippen LogP contribution in [0, 0.1) is 5.41 Å². The van der Waals surface area contributed by atoms with Gasteiger partial charge in [0.1, 0.15) is 41.6 Å². The van der Waals surface area contributed by atoms with E-state index < -0.39 is 114 Å². The molecule has 27 nitrogen and oxygen atoms in total. The van der Waals surface area contributed by atoms with Crippen molar-refractivity contribution in [1.29, 1.82) is 5.41 Å². The molecule has 7 atom stereocenters. The number of carbonyl (C=O) groups excluding carboxylic acids is 8. The monoisotopic (exact) mass is 1020 g/mol. The van der Waals surface area contributed by atoms with Crippen LogP contribution in [0.1, 0.15) is 88.5 Å². The minimum absolute atomic E-state index is 0.0563. The molecule has 1 aliphatic rings. The van der Waals surface area contributed by atoms with Crippen LogP contribution < -0.4 is 71.6 Å². The van der Waals surface area contributed by atoms with Crippen molar-refractivity contribution in [3.63, 3.8) is 0 Å². The van der Waals surface area contributed by atoms with E-state index in [1.54, 1.807) is 17.5 Å². The van der Waals surface area contributed by atoms with E-state index in [-0.39, 0.29) is 76.4 Å². The molecule has 0 spiro atoms. The highest BCUT2D eigenvalue weighted by molar-refractivity contribution is 7.10. The normalized spacial score (nSPS) is 16.3. The number of thiophene rings is 1. The van der Waals surface area contributed by atoms with E-state index in [2.05, 4.69) is 42.2 Å². The Morgan fingerprint density at radius 2 is 1.55 bits per heavy atom. The summed E-state index contributed by atoms with van der Waals surface area (Å²) in [7, 11) is 0. The lowest BCUT2D eigenvalue weighted by atomic mass is 10.1. The molecular formula is C43H72N16O11S. The lowest BCUT2D eigenvalue weighted by Gasteiger charge is -2.27. The Kier molecular flexibility index (Phi) is 27.7. The van der Waals surface area contributed by atoms with Gasteiger partial charge in [0.25, 0.3) is 11.8 Å². The second-order valence-electron chi connectivity index (χ2n) is 16.5. The van der Waals surface area contributed by atoms with Crippen LogP contribution in [0.5, 0.6) is 0 Å². The smallest absolute Gasteiger partial charge is 0.352 e. The summed E-state index contributed by atoms with van der Waals surface area (Å²) < 4.78 is 0. The second kappa shape index (κ2) is 32.5. The zero-order valence-electron chi connectivity index (χ0n) is 39.9. The minimum atomic E-state index is -1.57. The number of likely N-dealkylation sites (tertiary alicyclic amines) is 1. The van der Waals surface area contributed by atoms with Gasteiger partial charge in [0, 0.05) is 24.5 Å². The summed E-state index contributed by atoms with van der Waals surface area (Å²) in [6, 6.07) is -4.43. The van der Waals surface area contributed by atoms with Crippen molar-refractivity contribution >= 4 is 76.2 Å². The summed E-state index contributed by atoms with van der Waals surface area (Å²) in [5.74, 6) is -8.44. The molecule has 2 rings (SSSR count). The highest BCUT2D eigenvalue weighted by Crippen LogP contribution is 2.24. The third-order valence-electron chi connectivity index (χ3n) is 10.9. The predicted octanol–water partition coefficient (Wildman–Crippen LogP) is -4.94. The molecule has 8 amide bonds. The number of nitrogens with two attached hydrogens (primary N) is 6. The van der Waals surface area contributed by atoms with Gasteiger partial charge in [0.05, 0.1) is 18.7 Å². The number of aliphatic imine (C=N–C) groups is 1. The van der Waals surface area contributed by atoms with E-state index in [4.69, 9.17) is 39.8 Å². The summed E-state index contributed by atoms with van der Waals surface area (Å²) in [5, 5.41) is 46.3. The largest absolute Gasteiger partial charge is 0.477 e. The van der Waals surface area contributed by atoms with E-state index in [1.165, 1.54) is 17.9 Å². The summed E-state index contributed by atoms with van der Waals surface area (Å²) in [4.78, 5) is 125. The number of amides is 8. The highest BCUT2D eigenvalue weighted by Gasteiger charge is 2.39. The average molecular weight is 1020 g/mol. The van der Waals surface area contributed by atoms with Gasteiger partial charge in [-0.15, -0.1) is 11.3 Å². The van der Waals surface area contributed by atoms with Gasteiger partial charge in [0.2, 0.25) is 35.4 Å². The Balaban J connectivity index is 2.23. The van der Waals surface area contributed by atoms with Gasteiger partial charge in [-0.25, -0.2) is 9.79 Å². The molecule has 0 bridgehead atoms. The molecule has 0 aliphatic carbocycles. The van der Waals surface area contributed by atoms with Gasteiger partial charge < -0.3 is 86.7 Å². The van der Waals surface area contributed by atoms with E-state index in [0.29, 0.717) is 43.5 Å². The van der Waals surface area contributed by atoms with Crippen LogP contribution in [0.2, 0.25) is 0 Å². The summed E-state index contributed by atoms with van der Waals surface area (Å²) in [6.45, 7) is 1.11. The highest BCUT2D eigenvalue weighted by atomic mass is 32.1. The molecule has 22 N–H and O–H groups in total. The van der Waals surface area contributed by atoms with Crippen molar-refractivity contribution in [2.45, 2.75) is 120 Å². The van der Waals surface area contributed by atoms with E-state index in [9.17, 15) is 53.4 Å². The first-order valence-electron chi connectivity index (χ1n) is 23.3. The lowest BCUT2D eigenvalue weighted by Crippen LogP contribution is -2.60. The maximum Gasteiger partial charge on any atom is 0.352 e. The Hall–Kier alpha value is -6.43. The number of nitrogens with zero attached hydrogens (tertiary/aromatic N) is 2. The van der Waals surface area contributed by atoms with Crippen molar-refractivity contribution in [3.05, 3.63) is 34.2 Å². The second-order valence-corrected chi connectivity index (χ2v) is 17.5. The number of aliphatic hydroxyl groups excluding tert-OH is 1. The first-order chi connectivity index (χ1) is 33.8. The fraction of sp³-hybridized carbons (Fsp3) is 0.605. The van der Waals surface area contributed by atoms with E-state index in [1.807, 2.05) is 0 Å². The number of carbonyl (C=O) groups is 9. The summed E-state index contributed by atoms with van der Waals surface area (Å²) >= 11 is 1.13. The van der Waals surface area contributed by atoms with Crippen molar-refractivity contribution in [2.24, 2.45) is 39.4 Å². The SMILES string of the molecule is C[C@H](NC(=O)[C@@H](NC(=O)[C@@H](N)CCCCN)[C@@H](O)CN)C(=O)NCC(=O)/N=C(\CCCN)C(=O)N1CCC[C@H]1C(=O)NC(C(=O)N[C@@H](CCCCN)C(=O)N/C(=C\CCNC(=N)N)C(=O)O)c1cccs1.